The number of benzene rings is 2. The summed E-state index contributed by atoms with van der Waals surface area (Å²) in [5.41, 5.74) is 0.117. The topological polar surface area (TPSA) is 90.1 Å². The Morgan fingerprint density at radius 2 is 1.68 bits per heavy atom. The molecule has 2 aromatic carbocycles. The average molecular weight is 416 g/mol. The molecule has 7 heteroatoms. The van der Waals surface area contributed by atoms with E-state index in [0.29, 0.717) is 23.4 Å². The average Bonchev–Trinajstić information content (AvgIpc) is 3.20. The van der Waals surface area contributed by atoms with Gasteiger partial charge in [-0.3, -0.25) is 19.6 Å². The minimum atomic E-state index is -0.537. The zero-order valence-corrected chi connectivity index (χ0v) is 17.2. The lowest BCUT2D eigenvalue weighted by molar-refractivity contribution is -0.385. The van der Waals surface area contributed by atoms with Crippen molar-refractivity contribution in [2.75, 3.05) is 5.32 Å². The number of nitro groups is 1. The predicted octanol–water partition coefficient (Wildman–Crippen LogP) is 5.12. The molecule has 4 saturated carbocycles. The summed E-state index contributed by atoms with van der Waals surface area (Å²) in [6.45, 7) is 0. The molecule has 3 aromatic rings. The summed E-state index contributed by atoms with van der Waals surface area (Å²) in [6, 6.07) is 13.5. The molecule has 1 amide bonds. The van der Waals surface area contributed by atoms with Gasteiger partial charge in [-0.05, 0) is 79.2 Å². The Morgan fingerprint density at radius 1 is 1.03 bits per heavy atom. The first kappa shape index (κ1) is 18.5. The van der Waals surface area contributed by atoms with Crippen LogP contribution in [0.15, 0.2) is 48.7 Å². The third kappa shape index (κ3) is 3.02. The van der Waals surface area contributed by atoms with Gasteiger partial charge >= 0.3 is 5.69 Å². The molecule has 158 valence electrons. The smallest absolute Gasteiger partial charge is 0.320 e. The van der Waals surface area contributed by atoms with Gasteiger partial charge < -0.3 is 5.32 Å². The fourth-order valence-electron chi connectivity index (χ4n) is 6.71. The van der Waals surface area contributed by atoms with Crippen molar-refractivity contribution >= 4 is 28.1 Å². The van der Waals surface area contributed by atoms with E-state index in [2.05, 4.69) is 10.4 Å². The number of nitrogens with one attached hydrogen (secondary N) is 1. The molecule has 4 aliphatic rings. The molecular weight excluding hydrogens is 392 g/mol. The second-order valence-electron chi connectivity index (χ2n) is 9.72. The molecule has 7 nitrogen and oxygen atoms in total. The van der Waals surface area contributed by atoms with E-state index in [1.54, 1.807) is 4.68 Å². The van der Waals surface area contributed by atoms with E-state index in [1.165, 1.54) is 25.5 Å². The molecule has 4 fully saturated rings. The van der Waals surface area contributed by atoms with Gasteiger partial charge in [-0.1, -0.05) is 30.3 Å². The number of amides is 1. The van der Waals surface area contributed by atoms with Crippen molar-refractivity contribution in [3.63, 3.8) is 0 Å². The third-order valence-corrected chi connectivity index (χ3v) is 7.61. The minimum absolute atomic E-state index is 0.103. The van der Waals surface area contributed by atoms with E-state index in [0.717, 1.165) is 30.0 Å². The maximum Gasteiger partial charge on any atom is 0.320 e. The van der Waals surface area contributed by atoms with Crippen LogP contribution in [0.4, 0.5) is 11.4 Å². The van der Waals surface area contributed by atoms with Gasteiger partial charge in [-0.15, -0.1) is 0 Å². The summed E-state index contributed by atoms with van der Waals surface area (Å²) in [5, 5.41) is 21.2. The van der Waals surface area contributed by atoms with E-state index in [9.17, 15) is 14.9 Å². The monoisotopic (exact) mass is 416 g/mol. The number of rotatable bonds is 4. The first-order valence-corrected chi connectivity index (χ1v) is 11.0. The summed E-state index contributed by atoms with van der Waals surface area (Å²) in [5.74, 6) is 1.52. The number of hydrogen-bond acceptors (Lipinski definition) is 4. The van der Waals surface area contributed by atoms with E-state index in [4.69, 9.17) is 0 Å². The Kier molecular flexibility index (Phi) is 3.97. The van der Waals surface area contributed by atoms with Crippen molar-refractivity contribution in [2.45, 2.75) is 44.1 Å². The molecule has 4 bridgehead atoms. The van der Waals surface area contributed by atoms with E-state index in [-0.39, 0.29) is 16.9 Å². The van der Waals surface area contributed by atoms with Crippen LogP contribution in [0.2, 0.25) is 0 Å². The van der Waals surface area contributed by atoms with Crippen LogP contribution < -0.4 is 5.32 Å². The molecule has 0 spiro atoms. The second kappa shape index (κ2) is 6.64. The van der Waals surface area contributed by atoms with Gasteiger partial charge in [0.15, 0.2) is 0 Å². The number of carbonyl (C=O) groups excluding carboxylic acids is 1. The first-order chi connectivity index (χ1) is 15.0. The largest absolute Gasteiger partial charge is 0.320 e. The number of hydrogen-bond donors (Lipinski definition) is 1. The summed E-state index contributed by atoms with van der Waals surface area (Å²) < 4.78 is 1.78. The molecule has 4 aliphatic carbocycles. The van der Waals surface area contributed by atoms with Gasteiger partial charge in [0.05, 0.1) is 10.5 Å². The second-order valence-corrected chi connectivity index (χ2v) is 9.72. The molecule has 1 heterocycles. The summed E-state index contributed by atoms with van der Waals surface area (Å²) in [6.07, 6.45) is 8.38. The van der Waals surface area contributed by atoms with Gasteiger partial charge in [0.25, 0.3) is 5.91 Å². The lowest BCUT2D eigenvalue weighted by Crippen LogP contribution is -2.52. The highest BCUT2D eigenvalue weighted by Gasteiger charge is 2.53. The summed E-state index contributed by atoms with van der Waals surface area (Å²) in [7, 11) is 0. The van der Waals surface area contributed by atoms with Gasteiger partial charge in [0.2, 0.25) is 5.69 Å². The van der Waals surface area contributed by atoms with Crippen LogP contribution in [-0.4, -0.2) is 20.6 Å². The van der Waals surface area contributed by atoms with Gasteiger partial charge in [0, 0.05) is 5.69 Å². The van der Waals surface area contributed by atoms with Crippen molar-refractivity contribution in [1.29, 1.82) is 0 Å². The minimum Gasteiger partial charge on any atom is -0.320 e. The Balaban J connectivity index is 1.33. The molecule has 0 saturated heterocycles. The quantitative estimate of drug-likeness (QED) is 0.472. The molecule has 31 heavy (non-hydrogen) atoms. The molecule has 1 aromatic heterocycles. The van der Waals surface area contributed by atoms with Gasteiger partial charge in [0.1, 0.15) is 6.20 Å². The number of carbonyl (C=O) groups is 1. The molecule has 0 aliphatic heterocycles. The van der Waals surface area contributed by atoms with Crippen LogP contribution in [0.25, 0.3) is 10.8 Å². The van der Waals surface area contributed by atoms with Crippen molar-refractivity contribution in [1.82, 2.24) is 9.78 Å². The van der Waals surface area contributed by atoms with Crippen molar-refractivity contribution in [2.24, 2.45) is 17.8 Å². The van der Waals surface area contributed by atoms with Crippen molar-refractivity contribution in [3.8, 4) is 0 Å². The molecule has 0 atom stereocenters. The fourth-order valence-corrected chi connectivity index (χ4v) is 6.71. The standard InChI is InChI=1S/C24H24N4O3/c29-23(25-20-6-5-18-3-1-2-4-19(18)10-20)22-21(28(30)31)14-27(26-22)24-11-15-7-16(12-24)9-17(8-15)13-24/h1-6,10,14-17H,7-9,11-13H2,(H,25,29). The molecule has 7 rings (SSSR count). The molecule has 0 unspecified atom stereocenters. The van der Waals surface area contributed by atoms with E-state index < -0.39 is 10.8 Å². The highest BCUT2D eigenvalue weighted by Crippen LogP contribution is 2.58. The lowest BCUT2D eigenvalue weighted by Gasteiger charge is -2.56. The van der Waals surface area contributed by atoms with Crippen LogP contribution in [0.1, 0.15) is 49.0 Å². The molecule has 0 radical (unpaired) electrons. The van der Waals surface area contributed by atoms with Crippen LogP contribution in [0.3, 0.4) is 0 Å². The maximum absolute atomic E-state index is 13.0. The van der Waals surface area contributed by atoms with Crippen LogP contribution >= 0.6 is 0 Å². The number of fused-ring (bicyclic) bond motifs is 1. The Morgan fingerprint density at radius 3 is 2.32 bits per heavy atom. The number of aromatic nitrogens is 2. The van der Waals surface area contributed by atoms with Crippen molar-refractivity contribution in [3.05, 3.63) is 64.5 Å². The summed E-state index contributed by atoms with van der Waals surface area (Å²) >= 11 is 0. The van der Waals surface area contributed by atoms with Gasteiger partial charge in [-0.2, -0.15) is 5.10 Å². The molecular formula is C24H24N4O3. The zero-order chi connectivity index (χ0) is 21.2. The normalized spacial score (nSPS) is 28.7. The maximum atomic E-state index is 13.0. The predicted molar refractivity (Wildman–Crippen MR) is 117 cm³/mol. The van der Waals surface area contributed by atoms with Gasteiger partial charge in [-0.25, -0.2) is 0 Å². The Labute approximate surface area is 179 Å². The highest BCUT2D eigenvalue weighted by molar-refractivity contribution is 6.06. The Hall–Kier alpha value is -3.22. The first-order valence-electron chi connectivity index (χ1n) is 11.0. The fraction of sp³-hybridized carbons (Fsp3) is 0.417. The van der Waals surface area contributed by atoms with Crippen LogP contribution in [-0.2, 0) is 5.54 Å². The highest BCUT2D eigenvalue weighted by atomic mass is 16.6. The van der Waals surface area contributed by atoms with Crippen LogP contribution in [0.5, 0.6) is 0 Å². The lowest BCUT2D eigenvalue weighted by atomic mass is 9.53. The number of nitrogens with zero attached hydrogens (tertiary/aromatic N) is 3. The summed E-state index contributed by atoms with van der Waals surface area (Å²) in [4.78, 5) is 24.3. The zero-order valence-electron chi connectivity index (χ0n) is 17.2. The van der Waals surface area contributed by atoms with E-state index >= 15 is 0 Å². The Bertz CT molecular complexity index is 1180. The third-order valence-electron chi connectivity index (χ3n) is 7.61. The SMILES string of the molecule is O=C(Nc1ccc2ccccc2c1)c1nn(C23CC4CC(CC(C4)C2)C3)cc1[N+](=O)[O-]. The van der Waals surface area contributed by atoms with Crippen LogP contribution in [0, 0.1) is 27.9 Å². The molecule has 1 N–H and O–H groups in total. The number of anilines is 1. The van der Waals surface area contributed by atoms with Crippen molar-refractivity contribution < 1.29 is 9.72 Å². The van der Waals surface area contributed by atoms with E-state index in [1.807, 2.05) is 42.5 Å².